The van der Waals surface area contributed by atoms with Crippen molar-refractivity contribution >= 4 is 22.8 Å². The van der Waals surface area contributed by atoms with E-state index in [1.807, 2.05) is 35.1 Å². The van der Waals surface area contributed by atoms with Crippen molar-refractivity contribution in [2.45, 2.75) is 6.54 Å². The zero-order valence-corrected chi connectivity index (χ0v) is 12.2. The van der Waals surface area contributed by atoms with Crippen molar-refractivity contribution in [2.75, 3.05) is 0 Å². The lowest BCUT2D eigenvalue weighted by atomic mass is 10.2. The first kappa shape index (κ1) is 13.0. The molecule has 0 aliphatic rings. The van der Waals surface area contributed by atoms with Crippen LogP contribution in [-0.4, -0.2) is 29.7 Å². The number of aromatic nitrogens is 6. The highest BCUT2D eigenvalue weighted by molar-refractivity contribution is 6.31. The molecule has 0 aliphatic carbocycles. The van der Waals surface area contributed by atoms with E-state index in [9.17, 15) is 0 Å². The van der Waals surface area contributed by atoms with Crippen LogP contribution >= 0.6 is 11.6 Å². The molecule has 4 aromatic rings. The second kappa shape index (κ2) is 5.23. The highest BCUT2D eigenvalue weighted by Gasteiger charge is 2.09. The summed E-state index contributed by atoms with van der Waals surface area (Å²) in [6.45, 7) is 0.611. The van der Waals surface area contributed by atoms with Gasteiger partial charge in [-0.25, -0.2) is 15.0 Å². The first-order valence-corrected chi connectivity index (χ1v) is 7.09. The van der Waals surface area contributed by atoms with Gasteiger partial charge in [0.15, 0.2) is 5.65 Å². The van der Waals surface area contributed by atoms with E-state index >= 15 is 0 Å². The van der Waals surface area contributed by atoms with Gasteiger partial charge in [0, 0.05) is 11.2 Å². The van der Waals surface area contributed by atoms with E-state index in [2.05, 4.69) is 25.0 Å². The van der Waals surface area contributed by atoms with E-state index in [-0.39, 0.29) is 0 Å². The minimum Gasteiger partial charge on any atom is -0.335 e. The number of nitrogens with zero attached hydrogens (tertiary/aromatic N) is 5. The van der Waals surface area contributed by atoms with Crippen LogP contribution in [0.4, 0.5) is 0 Å². The molecule has 0 atom stereocenters. The van der Waals surface area contributed by atoms with Crippen LogP contribution in [-0.2, 0) is 6.54 Å². The number of fused-ring (bicyclic) bond motifs is 1. The molecule has 0 unspecified atom stereocenters. The monoisotopic (exact) mass is 310 g/mol. The molecule has 1 aromatic carbocycles. The molecule has 0 saturated carbocycles. The van der Waals surface area contributed by atoms with Gasteiger partial charge in [0.2, 0.25) is 0 Å². The van der Waals surface area contributed by atoms with Crippen molar-refractivity contribution in [3.8, 4) is 11.4 Å². The molecular weight excluding hydrogens is 300 g/mol. The molecule has 0 fully saturated rings. The molecule has 0 saturated heterocycles. The van der Waals surface area contributed by atoms with Crippen LogP contribution in [0.25, 0.3) is 22.6 Å². The van der Waals surface area contributed by atoms with E-state index in [0.29, 0.717) is 12.2 Å². The van der Waals surface area contributed by atoms with Gasteiger partial charge in [-0.1, -0.05) is 29.8 Å². The van der Waals surface area contributed by atoms with Crippen molar-refractivity contribution in [1.29, 1.82) is 0 Å². The van der Waals surface area contributed by atoms with Gasteiger partial charge in [0.05, 0.1) is 24.5 Å². The SMILES string of the molecule is Clc1ccccc1Cn1cc(-c2nc3ncncc3[nH]2)cn1. The fraction of sp³-hybridized carbons (Fsp3) is 0.0667. The second-order valence-electron chi connectivity index (χ2n) is 4.86. The van der Waals surface area contributed by atoms with Gasteiger partial charge < -0.3 is 4.98 Å². The summed E-state index contributed by atoms with van der Waals surface area (Å²) in [5.74, 6) is 0.723. The summed E-state index contributed by atoms with van der Waals surface area (Å²) in [5.41, 5.74) is 3.36. The topological polar surface area (TPSA) is 72.3 Å². The molecule has 0 spiro atoms. The molecule has 3 heterocycles. The Morgan fingerprint density at radius 1 is 1.18 bits per heavy atom. The number of hydrogen-bond donors (Lipinski definition) is 1. The predicted octanol–water partition coefficient (Wildman–Crippen LogP) is 2.92. The maximum absolute atomic E-state index is 6.18. The van der Waals surface area contributed by atoms with E-state index in [0.717, 1.165) is 27.5 Å². The fourth-order valence-electron chi connectivity index (χ4n) is 2.27. The first-order valence-electron chi connectivity index (χ1n) is 6.71. The third kappa shape index (κ3) is 2.33. The van der Waals surface area contributed by atoms with Crippen LogP contribution in [0, 0.1) is 0 Å². The van der Waals surface area contributed by atoms with Crippen molar-refractivity contribution in [1.82, 2.24) is 29.7 Å². The normalized spacial score (nSPS) is 11.1. The number of halogens is 1. The Balaban J connectivity index is 1.65. The molecule has 108 valence electrons. The number of hydrogen-bond acceptors (Lipinski definition) is 4. The van der Waals surface area contributed by atoms with Gasteiger partial charge >= 0.3 is 0 Å². The first-order chi connectivity index (χ1) is 10.8. The Labute approximate surface area is 130 Å². The van der Waals surface area contributed by atoms with Crippen molar-refractivity contribution in [3.05, 3.63) is 59.8 Å². The van der Waals surface area contributed by atoms with Crippen LogP contribution in [0.1, 0.15) is 5.56 Å². The summed E-state index contributed by atoms with van der Waals surface area (Å²) in [7, 11) is 0. The number of benzene rings is 1. The standard InChI is InChI=1S/C15H11ClN6/c16-12-4-2-1-3-10(12)7-22-8-11(5-19-22)14-20-13-6-17-9-18-15(13)21-14/h1-6,8-9H,7H2,(H,17,18,20,21). The molecule has 7 heteroatoms. The second-order valence-corrected chi connectivity index (χ2v) is 5.27. The minimum atomic E-state index is 0.611. The Morgan fingerprint density at radius 2 is 2.09 bits per heavy atom. The van der Waals surface area contributed by atoms with Gasteiger partial charge in [0.1, 0.15) is 17.7 Å². The van der Waals surface area contributed by atoms with Gasteiger partial charge in [-0.05, 0) is 11.6 Å². The van der Waals surface area contributed by atoms with Crippen LogP contribution in [0.2, 0.25) is 5.02 Å². The zero-order chi connectivity index (χ0) is 14.9. The van der Waals surface area contributed by atoms with Gasteiger partial charge in [-0.3, -0.25) is 4.68 Å². The maximum Gasteiger partial charge on any atom is 0.181 e. The molecule has 0 bridgehead atoms. The fourth-order valence-corrected chi connectivity index (χ4v) is 2.47. The van der Waals surface area contributed by atoms with Gasteiger partial charge in [-0.2, -0.15) is 5.10 Å². The third-order valence-electron chi connectivity index (χ3n) is 3.36. The Hall–Kier alpha value is -2.73. The minimum absolute atomic E-state index is 0.611. The summed E-state index contributed by atoms with van der Waals surface area (Å²) in [6.07, 6.45) is 6.87. The summed E-state index contributed by atoms with van der Waals surface area (Å²) in [5, 5.41) is 5.10. The smallest absolute Gasteiger partial charge is 0.181 e. The maximum atomic E-state index is 6.18. The van der Waals surface area contributed by atoms with Crippen LogP contribution in [0.5, 0.6) is 0 Å². The number of nitrogens with one attached hydrogen (secondary N) is 1. The number of rotatable bonds is 3. The predicted molar refractivity (Wildman–Crippen MR) is 83.5 cm³/mol. The summed E-state index contributed by atoms with van der Waals surface area (Å²) < 4.78 is 1.83. The highest BCUT2D eigenvalue weighted by Crippen LogP contribution is 2.20. The summed E-state index contributed by atoms with van der Waals surface area (Å²) in [6, 6.07) is 7.74. The third-order valence-corrected chi connectivity index (χ3v) is 3.73. The van der Waals surface area contributed by atoms with Gasteiger partial charge in [-0.15, -0.1) is 0 Å². The summed E-state index contributed by atoms with van der Waals surface area (Å²) in [4.78, 5) is 15.7. The average Bonchev–Trinajstić information content (AvgIpc) is 3.15. The van der Waals surface area contributed by atoms with Crippen LogP contribution in [0.3, 0.4) is 0 Å². The molecule has 1 N–H and O–H groups in total. The molecule has 0 amide bonds. The molecule has 6 nitrogen and oxygen atoms in total. The van der Waals surface area contributed by atoms with Crippen molar-refractivity contribution < 1.29 is 0 Å². The largest absolute Gasteiger partial charge is 0.335 e. The Morgan fingerprint density at radius 3 is 2.95 bits per heavy atom. The number of imidazole rings is 1. The van der Waals surface area contributed by atoms with Crippen LogP contribution in [0.15, 0.2) is 49.2 Å². The lowest BCUT2D eigenvalue weighted by molar-refractivity contribution is 0.687. The lowest BCUT2D eigenvalue weighted by Crippen LogP contribution is -2.00. The molecule has 0 aliphatic heterocycles. The van der Waals surface area contributed by atoms with E-state index in [1.165, 1.54) is 6.33 Å². The lowest BCUT2D eigenvalue weighted by Gasteiger charge is -2.03. The van der Waals surface area contributed by atoms with Crippen molar-refractivity contribution in [3.63, 3.8) is 0 Å². The molecule has 4 rings (SSSR count). The number of aromatic amines is 1. The molecular formula is C15H11ClN6. The molecule has 3 aromatic heterocycles. The van der Waals surface area contributed by atoms with E-state index in [4.69, 9.17) is 11.6 Å². The van der Waals surface area contributed by atoms with E-state index in [1.54, 1.807) is 12.4 Å². The number of H-pyrrole nitrogens is 1. The Bertz CT molecular complexity index is 909. The molecule has 22 heavy (non-hydrogen) atoms. The summed E-state index contributed by atoms with van der Waals surface area (Å²) >= 11 is 6.18. The van der Waals surface area contributed by atoms with Crippen molar-refractivity contribution in [2.24, 2.45) is 0 Å². The Kier molecular flexibility index (Phi) is 3.08. The zero-order valence-electron chi connectivity index (χ0n) is 11.4. The quantitative estimate of drug-likeness (QED) is 0.631. The van der Waals surface area contributed by atoms with Gasteiger partial charge in [0.25, 0.3) is 0 Å². The molecule has 0 radical (unpaired) electrons. The van der Waals surface area contributed by atoms with Crippen LogP contribution < -0.4 is 0 Å². The average molecular weight is 311 g/mol. The highest BCUT2D eigenvalue weighted by atomic mass is 35.5. The van der Waals surface area contributed by atoms with E-state index < -0.39 is 0 Å².